The first kappa shape index (κ1) is 26.9. The van der Waals surface area contributed by atoms with E-state index in [0.717, 1.165) is 29.4 Å². The zero-order valence-electron chi connectivity index (χ0n) is 19.1. The molecule has 0 aromatic heterocycles. The van der Waals surface area contributed by atoms with Crippen LogP contribution in [0.1, 0.15) is 23.3 Å². The fraction of sp³-hybridized carbons (Fsp3) is 0.231. The van der Waals surface area contributed by atoms with Crippen LogP contribution in [0.3, 0.4) is 0 Å². The Bertz CT molecular complexity index is 1070. The molecule has 0 saturated carbocycles. The van der Waals surface area contributed by atoms with Gasteiger partial charge >= 0.3 is 18.9 Å². The summed E-state index contributed by atoms with van der Waals surface area (Å²) >= 11 is 1.24. The minimum atomic E-state index is -0.433. The molecule has 1 saturated heterocycles. The maximum atomic E-state index is 13.2. The molecule has 0 radical (unpaired) electrons. The topological polar surface area (TPSA) is 61.8 Å². The van der Waals surface area contributed by atoms with E-state index in [1.807, 2.05) is 71.8 Å². The van der Waals surface area contributed by atoms with Crippen molar-refractivity contribution < 1.29 is 28.4 Å². The number of benzene rings is 3. The largest absolute Gasteiger partial charge is 1.00 e. The van der Waals surface area contributed by atoms with Crippen molar-refractivity contribution in [3.63, 3.8) is 0 Å². The molecule has 33 heavy (non-hydrogen) atoms. The van der Waals surface area contributed by atoms with Crippen LogP contribution in [0.25, 0.3) is 10.8 Å². The predicted molar refractivity (Wildman–Crippen MR) is 133 cm³/mol. The predicted octanol–water partition coefficient (Wildman–Crippen LogP) is 1.59. The fourth-order valence-corrected chi connectivity index (χ4v) is 4.27. The summed E-state index contributed by atoms with van der Waals surface area (Å²) < 4.78 is 0. The van der Waals surface area contributed by atoms with Gasteiger partial charge in [0.2, 0.25) is 5.91 Å². The molecule has 0 spiro atoms. The fourth-order valence-electron chi connectivity index (χ4n) is 3.47. The molecular formula is C26H26LiN3O2S-2. The van der Waals surface area contributed by atoms with Gasteiger partial charge in [0.05, 0.1) is 11.5 Å². The van der Waals surface area contributed by atoms with Gasteiger partial charge in [0, 0.05) is 26.2 Å². The number of fused-ring (bicyclic) bond motifs is 1. The molecule has 7 heteroatoms. The number of piperazine rings is 1. The molecule has 1 N–H and O–H groups in total. The van der Waals surface area contributed by atoms with Gasteiger partial charge in [-0.3, -0.25) is 4.79 Å². The minimum absolute atomic E-state index is 0. The Hall–Kier alpha value is -2.36. The summed E-state index contributed by atoms with van der Waals surface area (Å²) in [4.78, 5) is 30.9. The Morgan fingerprint density at radius 1 is 1.03 bits per heavy atom. The number of amides is 1. The average Bonchev–Trinajstić information content (AvgIpc) is 2.88. The summed E-state index contributed by atoms with van der Waals surface area (Å²) in [6.45, 7) is 7.97. The number of hydrogen-bond donors (Lipinski definition) is 1. The van der Waals surface area contributed by atoms with Gasteiger partial charge in [-0.1, -0.05) is 60.0 Å². The smallest absolute Gasteiger partial charge is 0.446 e. The molecule has 4 rings (SSSR count). The van der Waals surface area contributed by atoms with Gasteiger partial charge in [0.25, 0.3) is 0 Å². The summed E-state index contributed by atoms with van der Waals surface area (Å²) in [5.74, 6) is 0.0519. The number of nitrogens with one attached hydrogen (secondary N) is 1. The normalized spacial score (nSPS) is 14.2. The Kier molecular flexibility index (Phi) is 11.4. The maximum Gasteiger partial charge on any atom is 1.00 e. The van der Waals surface area contributed by atoms with Crippen LogP contribution in [0, 0.1) is 6.92 Å². The van der Waals surface area contributed by atoms with Crippen LogP contribution >= 0.6 is 11.8 Å². The molecule has 0 aliphatic carbocycles. The van der Waals surface area contributed by atoms with E-state index in [4.69, 9.17) is 0 Å². The van der Waals surface area contributed by atoms with Gasteiger partial charge in [0.15, 0.2) is 0 Å². The quantitative estimate of drug-likeness (QED) is 0.268. The number of carbonyl (C=O) groups is 1. The number of nitrogens with zero attached hydrogens (tertiary/aromatic N) is 2. The van der Waals surface area contributed by atoms with E-state index in [9.17, 15) is 9.59 Å². The van der Waals surface area contributed by atoms with Crippen LogP contribution in [0.5, 0.6) is 0 Å². The summed E-state index contributed by atoms with van der Waals surface area (Å²) in [6, 6.07) is 21.1. The third-order valence-corrected chi connectivity index (χ3v) is 5.97. The van der Waals surface area contributed by atoms with Crippen molar-refractivity contribution in [1.82, 2.24) is 10.2 Å². The Morgan fingerprint density at radius 2 is 1.64 bits per heavy atom. The number of carbonyl (C=O) groups excluding carboxylic acids is 2. The van der Waals surface area contributed by atoms with E-state index in [2.05, 4.69) is 22.8 Å². The second kappa shape index (κ2) is 14.0. The third kappa shape index (κ3) is 7.06. The first-order valence-electron chi connectivity index (χ1n) is 10.5. The molecule has 3 aromatic rings. The summed E-state index contributed by atoms with van der Waals surface area (Å²) in [5.41, 5.74) is 4.75. The third-order valence-electron chi connectivity index (χ3n) is 5.07. The van der Waals surface area contributed by atoms with Crippen molar-refractivity contribution in [2.45, 2.75) is 12.2 Å². The summed E-state index contributed by atoms with van der Waals surface area (Å²) in [5, 5.41) is 4.78. The Balaban J connectivity index is 0.00000125. The molecule has 1 aliphatic rings. The van der Waals surface area contributed by atoms with E-state index in [-0.39, 0.29) is 24.8 Å². The molecule has 3 aromatic carbocycles. The molecule has 1 fully saturated rings. The van der Waals surface area contributed by atoms with Crippen LogP contribution in [-0.4, -0.2) is 48.8 Å². The molecule has 1 unspecified atom stereocenters. The van der Waals surface area contributed by atoms with Gasteiger partial charge in [-0.05, 0) is 10.9 Å². The molecule has 1 aliphatic heterocycles. The van der Waals surface area contributed by atoms with Crippen LogP contribution in [-0.2, 0) is 9.59 Å². The minimum Gasteiger partial charge on any atom is -0.446 e. The summed E-state index contributed by atoms with van der Waals surface area (Å²) in [6.07, 6.45) is 1.96. The second-order valence-electron chi connectivity index (χ2n) is 7.01. The van der Waals surface area contributed by atoms with Crippen molar-refractivity contribution in [1.29, 1.82) is 0 Å². The van der Waals surface area contributed by atoms with Crippen LogP contribution in [0.2, 0.25) is 0 Å². The van der Waals surface area contributed by atoms with Crippen molar-refractivity contribution in [3.8, 4) is 0 Å². The van der Waals surface area contributed by atoms with E-state index < -0.39 is 5.25 Å². The van der Waals surface area contributed by atoms with Gasteiger partial charge in [-0.15, -0.1) is 17.3 Å². The van der Waals surface area contributed by atoms with E-state index in [0.29, 0.717) is 24.3 Å². The van der Waals surface area contributed by atoms with E-state index in [1.165, 1.54) is 11.8 Å². The number of thioether (sulfide) groups is 1. The van der Waals surface area contributed by atoms with Crippen LogP contribution in [0.4, 0.5) is 5.69 Å². The van der Waals surface area contributed by atoms with E-state index in [1.54, 1.807) is 13.0 Å². The van der Waals surface area contributed by atoms with Crippen LogP contribution < -0.4 is 24.2 Å². The van der Waals surface area contributed by atoms with Gasteiger partial charge in [-0.2, -0.15) is 18.6 Å². The molecule has 1 atom stereocenters. The number of rotatable bonds is 6. The zero-order chi connectivity index (χ0) is 22.8. The standard InChI is InChI=1S/C24H21N3O2S.C2H5.Li/c28-16-21-14-19-8-4-5-9-20(19)15-22(21)26-17-30-23(18-6-2-1-3-7-18)24(29)27-12-10-25-11-13-27;1-2;/h1-9,14-15,23,25H,10-13H2;1H2,2H3;/q-2;-1;+1. The SMILES string of the molecule is O=[C-]c1cc2ccccc2cc1N=[C-]SC(C(=O)N1CCNCC1)c1ccccc1.[CH2-]C.[Li+]. The van der Waals surface area contributed by atoms with Gasteiger partial charge < -0.3 is 26.9 Å². The van der Waals surface area contributed by atoms with Crippen LogP contribution in [0.15, 0.2) is 71.7 Å². The van der Waals surface area contributed by atoms with Crippen molar-refractivity contribution in [3.05, 3.63) is 84.8 Å². The van der Waals surface area contributed by atoms with Crippen molar-refractivity contribution in [2.24, 2.45) is 4.99 Å². The maximum absolute atomic E-state index is 13.2. The molecular weight excluding hydrogens is 425 g/mol. The monoisotopic (exact) mass is 451 g/mol. The van der Waals surface area contributed by atoms with Gasteiger partial charge in [0.1, 0.15) is 0 Å². The molecule has 1 amide bonds. The molecule has 1 heterocycles. The van der Waals surface area contributed by atoms with Crippen molar-refractivity contribution >= 4 is 46.0 Å². The molecule has 5 nitrogen and oxygen atoms in total. The van der Waals surface area contributed by atoms with E-state index >= 15 is 0 Å². The second-order valence-corrected chi connectivity index (χ2v) is 7.90. The number of hydrogen-bond acceptors (Lipinski definition) is 5. The summed E-state index contributed by atoms with van der Waals surface area (Å²) in [7, 11) is 0. The molecule has 0 bridgehead atoms. The Morgan fingerprint density at radius 3 is 2.27 bits per heavy atom. The molecule has 166 valence electrons. The Labute approximate surface area is 212 Å². The first-order chi connectivity index (χ1) is 15.8. The number of aliphatic imine (C=N–C) groups is 1. The van der Waals surface area contributed by atoms with Crippen molar-refractivity contribution in [2.75, 3.05) is 26.2 Å². The first-order valence-corrected chi connectivity index (χ1v) is 11.4. The average molecular weight is 452 g/mol. The van der Waals surface area contributed by atoms with Gasteiger partial charge in [-0.25, -0.2) is 11.8 Å². The zero-order valence-corrected chi connectivity index (χ0v) is 19.9.